The lowest BCUT2D eigenvalue weighted by atomic mass is 9.83. The third-order valence-corrected chi connectivity index (χ3v) is 6.69. The molecule has 3 fully saturated rings. The van der Waals surface area contributed by atoms with Crippen LogP contribution in [0.2, 0.25) is 0 Å². The predicted molar refractivity (Wildman–Crippen MR) is 114 cm³/mol. The molecule has 3 heterocycles. The topological polar surface area (TPSA) is 116 Å². The molecule has 160 valence electrons. The summed E-state index contributed by atoms with van der Waals surface area (Å²) >= 11 is 0. The van der Waals surface area contributed by atoms with Gasteiger partial charge in [-0.15, -0.1) is 0 Å². The van der Waals surface area contributed by atoms with Crippen LogP contribution in [0.15, 0.2) is 24.4 Å². The number of hydrogen-bond donors (Lipinski definition) is 2. The Kier molecular flexibility index (Phi) is 4.65. The molecule has 2 saturated carbocycles. The van der Waals surface area contributed by atoms with E-state index in [0.717, 1.165) is 32.1 Å². The SMILES string of the molecule is Cn1nc(Nc2cc(N3CC[C@@](C#N)(C4CC4)C3=O)ccn2)cc1C(=O)NC1CCC1. The van der Waals surface area contributed by atoms with E-state index < -0.39 is 5.41 Å². The van der Waals surface area contributed by atoms with Crippen LogP contribution in [0, 0.1) is 22.7 Å². The van der Waals surface area contributed by atoms with Gasteiger partial charge in [0.2, 0.25) is 5.91 Å². The molecule has 1 aliphatic heterocycles. The van der Waals surface area contributed by atoms with Crippen LogP contribution in [-0.2, 0) is 11.8 Å². The Balaban J connectivity index is 1.31. The van der Waals surface area contributed by atoms with E-state index in [1.807, 2.05) is 0 Å². The van der Waals surface area contributed by atoms with Crippen molar-refractivity contribution in [1.82, 2.24) is 20.1 Å². The lowest BCUT2D eigenvalue weighted by Gasteiger charge is -2.26. The van der Waals surface area contributed by atoms with E-state index in [4.69, 9.17) is 0 Å². The average molecular weight is 419 g/mol. The molecule has 1 saturated heterocycles. The molecule has 9 heteroatoms. The van der Waals surface area contributed by atoms with Gasteiger partial charge in [0.1, 0.15) is 16.9 Å². The minimum Gasteiger partial charge on any atom is -0.348 e. The van der Waals surface area contributed by atoms with Crippen molar-refractivity contribution in [3.63, 3.8) is 0 Å². The van der Waals surface area contributed by atoms with Crippen LogP contribution < -0.4 is 15.5 Å². The normalized spacial score (nSPS) is 23.4. The maximum atomic E-state index is 13.1. The minimum atomic E-state index is -0.874. The molecule has 2 amide bonds. The van der Waals surface area contributed by atoms with Crippen LogP contribution in [0.5, 0.6) is 0 Å². The monoisotopic (exact) mass is 419 g/mol. The molecule has 5 rings (SSSR count). The van der Waals surface area contributed by atoms with E-state index in [9.17, 15) is 14.9 Å². The lowest BCUT2D eigenvalue weighted by molar-refractivity contribution is -0.123. The first-order valence-electron chi connectivity index (χ1n) is 10.8. The molecule has 2 aliphatic carbocycles. The van der Waals surface area contributed by atoms with Gasteiger partial charge in [0.25, 0.3) is 5.91 Å². The number of hydrogen-bond acceptors (Lipinski definition) is 6. The summed E-state index contributed by atoms with van der Waals surface area (Å²) < 4.78 is 1.54. The summed E-state index contributed by atoms with van der Waals surface area (Å²) in [5, 5.41) is 20.2. The van der Waals surface area contributed by atoms with Gasteiger partial charge in [-0.2, -0.15) is 10.4 Å². The number of aryl methyl sites for hydroxylation is 1. The van der Waals surface area contributed by atoms with Crippen LogP contribution in [0.25, 0.3) is 0 Å². The Morgan fingerprint density at radius 3 is 2.74 bits per heavy atom. The van der Waals surface area contributed by atoms with Crippen LogP contribution in [0.3, 0.4) is 0 Å². The maximum absolute atomic E-state index is 13.1. The van der Waals surface area contributed by atoms with Gasteiger partial charge in [-0.05, 0) is 50.5 Å². The van der Waals surface area contributed by atoms with Crippen molar-refractivity contribution in [1.29, 1.82) is 5.26 Å². The summed E-state index contributed by atoms with van der Waals surface area (Å²) in [6, 6.07) is 7.81. The van der Waals surface area contributed by atoms with Crippen molar-refractivity contribution in [3.05, 3.63) is 30.1 Å². The van der Waals surface area contributed by atoms with E-state index in [0.29, 0.717) is 36.0 Å². The molecule has 0 aromatic carbocycles. The van der Waals surface area contributed by atoms with Crippen LogP contribution in [-0.4, -0.2) is 39.2 Å². The highest BCUT2D eigenvalue weighted by atomic mass is 16.2. The molecule has 9 nitrogen and oxygen atoms in total. The fourth-order valence-electron chi connectivity index (χ4n) is 4.47. The fraction of sp³-hybridized carbons (Fsp3) is 0.500. The first-order valence-corrected chi connectivity index (χ1v) is 10.8. The molecular formula is C22H25N7O2. The summed E-state index contributed by atoms with van der Waals surface area (Å²) in [5.74, 6) is 0.971. The highest BCUT2D eigenvalue weighted by Gasteiger charge is 2.56. The van der Waals surface area contributed by atoms with E-state index in [2.05, 4.69) is 26.8 Å². The molecular weight excluding hydrogens is 394 g/mol. The first-order chi connectivity index (χ1) is 15.0. The first kappa shape index (κ1) is 19.5. The number of nitrogens with zero attached hydrogens (tertiary/aromatic N) is 5. The summed E-state index contributed by atoms with van der Waals surface area (Å²) in [6.45, 7) is 0.529. The summed E-state index contributed by atoms with van der Waals surface area (Å²) in [7, 11) is 1.73. The Hall–Kier alpha value is -3.41. The number of nitriles is 1. The van der Waals surface area contributed by atoms with Gasteiger partial charge in [-0.1, -0.05) is 0 Å². The van der Waals surface area contributed by atoms with Crippen molar-refractivity contribution >= 4 is 29.1 Å². The average Bonchev–Trinajstić information content (AvgIpc) is 3.44. The standard InChI is InChI=1S/C22H25N7O2/c1-28-17(20(30)25-15-3-2-4-15)12-19(27-28)26-18-11-16(7-9-24-18)29-10-8-22(13-23,21(29)31)14-5-6-14/h7,9,11-12,14-15H,2-6,8,10H2,1H3,(H,25,30)(H,24,26,27)/t22-/m1/s1. The Labute approximate surface area is 180 Å². The van der Waals surface area contributed by atoms with E-state index in [1.165, 1.54) is 0 Å². The van der Waals surface area contributed by atoms with Crippen molar-refractivity contribution < 1.29 is 9.59 Å². The molecule has 0 radical (unpaired) electrons. The number of carbonyl (C=O) groups is 2. The van der Waals surface area contributed by atoms with E-state index in [-0.39, 0.29) is 23.8 Å². The number of rotatable bonds is 6. The number of pyridine rings is 1. The molecule has 31 heavy (non-hydrogen) atoms. The zero-order chi connectivity index (χ0) is 21.6. The number of anilines is 3. The van der Waals surface area contributed by atoms with Gasteiger partial charge in [-0.3, -0.25) is 14.3 Å². The van der Waals surface area contributed by atoms with Gasteiger partial charge in [0.15, 0.2) is 5.82 Å². The van der Waals surface area contributed by atoms with Gasteiger partial charge in [-0.25, -0.2) is 4.98 Å². The van der Waals surface area contributed by atoms with Crippen LogP contribution >= 0.6 is 0 Å². The van der Waals surface area contributed by atoms with Gasteiger partial charge in [0, 0.05) is 43.7 Å². The zero-order valence-corrected chi connectivity index (χ0v) is 17.5. The van der Waals surface area contributed by atoms with Crippen LogP contribution in [0.1, 0.15) is 49.0 Å². The highest BCUT2D eigenvalue weighted by Crippen LogP contribution is 2.51. The van der Waals surface area contributed by atoms with E-state index in [1.54, 1.807) is 41.0 Å². The van der Waals surface area contributed by atoms with Crippen molar-refractivity contribution in [2.24, 2.45) is 18.4 Å². The molecule has 2 aromatic heterocycles. The van der Waals surface area contributed by atoms with Gasteiger partial charge >= 0.3 is 0 Å². The van der Waals surface area contributed by atoms with Gasteiger partial charge in [0.05, 0.1) is 6.07 Å². The maximum Gasteiger partial charge on any atom is 0.269 e. The van der Waals surface area contributed by atoms with Crippen molar-refractivity contribution in [2.45, 2.75) is 44.6 Å². The Bertz CT molecular complexity index is 1080. The summed E-state index contributed by atoms with van der Waals surface area (Å²) in [5.41, 5.74) is 0.309. The minimum absolute atomic E-state index is 0.109. The second-order valence-electron chi connectivity index (χ2n) is 8.73. The number of aromatic nitrogens is 3. The van der Waals surface area contributed by atoms with Crippen molar-refractivity contribution in [2.75, 3.05) is 16.8 Å². The lowest BCUT2D eigenvalue weighted by Crippen LogP contribution is -2.40. The molecule has 0 bridgehead atoms. The highest BCUT2D eigenvalue weighted by molar-refractivity contribution is 6.02. The van der Waals surface area contributed by atoms with Crippen molar-refractivity contribution in [3.8, 4) is 6.07 Å². The third kappa shape index (κ3) is 3.42. The molecule has 0 spiro atoms. The summed E-state index contributed by atoms with van der Waals surface area (Å²) in [4.78, 5) is 31.5. The summed E-state index contributed by atoms with van der Waals surface area (Å²) in [6.07, 6.45) is 7.29. The van der Waals surface area contributed by atoms with E-state index >= 15 is 0 Å². The fourth-order valence-corrected chi connectivity index (χ4v) is 4.47. The molecule has 2 N–H and O–H groups in total. The second kappa shape index (κ2) is 7.38. The van der Waals surface area contributed by atoms with Crippen LogP contribution in [0.4, 0.5) is 17.3 Å². The molecule has 0 unspecified atom stereocenters. The second-order valence-corrected chi connectivity index (χ2v) is 8.73. The quantitative estimate of drug-likeness (QED) is 0.743. The van der Waals surface area contributed by atoms with Gasteiger partial charge < -0.3 is 15.5 Å². The smallest absolute Gasteiger partial charge is 0.269 e. The molecule has 3 aliphatic rings. The molecule has 2 aromatic rings. The largest absolute Gasteiger partial charge is 0.348 e. The predicted octanol–water partition coefficient (Wildman–Crippen LogP) is 2.50. The number of carbonyl (C=O) groups excluding carboxylic acids is 2. The molecule has 1 atom stereocenters. The number of nitrogens with one attached hydrogen (secondary N) is 2. The Morgan fingerprint density at radius 1 is 1.26 bits per heavy atom. The number of amides is 2. The zero-order valence-electron chi connectivity index (χ0n) is 17.5. The Morgan fingerprint density at radius 2 is 2.06 bits per heavy atom. The third-order valence-electron chi connectivity index (χ3n) is 6.69.